The van der Waals surface area contributed by atoms with Crippen LogP contribution in [-0.2, 0) is 0 Å². The molecule has 1 fully saturated rings. The molecule has 1 aromatic rings. The Morgan fingerprint density at radius 1 is 1.69 bits per heavy atom. The number of hydrogen-bond donors (Lipinski definition) is 1. The lowest BCUT2D eigenvalue weighted by atomic mass is 10.2. The first kappa shape index (κ1) is 11.9. The van der Waals surface area contributed by atoms with Crippen LogP contribution in [0.3, 0.4) is 0 Å². The smallest absolute Gasteiger partial charge is 0.271 e. The highest BCUT2D eigenvalue weighted by molar-refractivity contribution is 9.10. The molecule has 0 aliphatic carbocycles. The van der Waals surface area contributed by atoms with E-state index in [1.54, 1.807) is 12.3 Å². The van der Waals surface area contributed by atoms with E-state index < -0.39 is 0 Å². The second-order valence-corrected chi connectivity index (χ2v) is 5.94. The van der Waals surface area contributed by atoms with Crippen LogP contribution in [-0.4, -0.2) is 28.4 Å². The van der Waals surface area contributed by atoms with E-state index in [2.05, 4.69) is 26.2 Å². The minimum atomic E-state index is -0.0972. The van der Waals surface area contributed by atoms with Crippen molar-refractivity contribution in [2.24, 2.45) is 0 Å². The van der Waals surface area contributed by atoms with Crippen molar-refractivity contribution in [3.63, 3.8) is 0 Å². The fourth-order valence-electron chi connectivity index (χ4n) is 1.65. The van der Waals surface area contributed by atoms with Gasteiger partial charge in [-0.25, -0.2) is 4.98 Å². The van der Waals surface area contributed by atoms with Crippen LogP contribution in [0.15, 0.2) is 22.8 Å². The van der Waals surface area contributed by atoms with Crippen molar-refractivity contribution < 1.29 is 4.79 Å². The van der Waals surface area contributed by atoms with Crippen molar-refractivity contribution in [1.29, 1.82) is 0 Å². The summed E-state index contributed by atoms with van der Waals surface area (Å²) in [5, 5.41) is 3.50. The Hall–Kier alpha value is -0.550. The van der Waals surface area contributed by atoms with Crippen LogP contribution in [0.4, 0.5) is 0 Å². The fraction of sp³-hybridized carbons (Fsp3) is 0.455. The summed E-state index contributed by atoms with van der Waals surface area (Å²) in [6.45, 7) is 0.743. The van der Waals surface area contributed by atoms with Gasteiger partial charge in [-0.05, 0) is 46.7 Å². The third-order valence-corrected chi connectivity index (χ3v) is 4.53. The van der Waals surface area contributed by atoms with Crippen LogP contribution in [0.25, 0.3) is 0 Å². The van der Waals surface area contributed by atoms with E-state index in [4.69, 9.17) is 0 Å². The molecule has 1 saturated heterocycles. The highest BCUT2D eigenvalue weighted by Gasteiger charge is 2.17. The normalized spacial score (nSPS) is 19.7. The lowest BCUT2D eigenvalue weighted by Gasteiger charge is -2.10. The van der Waals surface area contributed by atoms with Crippen LogP contribution >= 0.6 is 27.7 Å². The average molecular weight is 301 g/mol. The Balaban J connectivity index is 1.90. The summed E-state index contributed by atoms with van der Waals surface area (Å²) in [7, 11) is 0. The number of nitrogens with one attached hydrogen (secondary N) is 1. The molecule has 1 unspecified atom stereocenters. The number of thioether (sulfide) groups is 1. The van der Waals surface area contributed by atoms with Gasteiger partial charge in [0, 0.05) is 22.5 Å². The number of carbonyl (C=O) groups is 1. The quantitative estimate of drug-likeness (QED) is 0.932. The summed E-state index contributed by atoms with van der Waals surface area (Å²) in [6.07, 6.45) is 4.09. The van der Waals surface area contributed by atoms with E-state index in [1.807, 2.05) is 17.8 Å². The summed E-state index contributed by atoms with van der Waals surface area (Å²) >= 11 is 5.26. The molecule has 1 N–H and O–H groups in total. The zero-order valence-electron chi connectivity index (χ0n) is 8.78. The van der Waals surface area contributed by atoms with Gasteiger partial charge in [0.15, 0.2) is 0 Å². The van der Waals surface area contributed by atoms with Crippen molar-refractivity contribution in [2.45, 2.75) is 18.1 Å². The summed E-state index contributed by atoms with van der Waals surface area (Å²) < 4.78 is 0.742. The first-order valence-electron chi connectivity index (χ1n) is 5.27. The SMILES string of the molecule is O=C(NCC1CCCS1)c1ncccc1Br. The molecule has 0 spiro atoms. The number of nitrogens with zero attached hydrogens (tertiary/aromatic N) is 1. The molecular weight excluding hydrogens is 288 g/mol. The van der Waals surface area contributed by atoms with Crippen LogP contribution in [0.2, 0.25) is 0 Å². The van der Waals surface area contributed by atoms with Gasteiger partial charge in [0.2, 0.25) is 0 Å². The second kappa shape index (κ2) is 5.68. The molecule has 1 aliphatic heterocycles. The van der Waals surface area contributed by atoms with Gasteiger partial charge in [-0.2, -0.15) is 11.8 Å². The van der Waals surface area contributed by atoms with E-state index in [1.165, 1.54) is 18.6 Å². The fourth-order valence-corrected chi connectivity index (χ4v) is 3.28. The molecule has 3 nitrogen and oxygen atoms in total. The maximum atomic E-state index is 11.8. The van der Waals surface area contributed by atoms with Crippen molar-refractivity contribution in [1.82, 2.24) is 10.3 Å². The minimum Gasteiger partial charge on any atom is -0.350 e. The van der Waals surface area contributed by atoms with E-state index >= 15 is 0 Å². The van der Waals surface area contributed by atoms with Crippen molar-refractivity contribution in [2.75, 3.05) is 12.3 Å². The zero-order chi connectivity index (χ0) is 11.4. The molecule has 0 bridgehead atoms. The molecule has 86 valence electrons. The first-order valence-corrected chi connectivity index (χ1v) is 7.12. The van der Waals surface area contributed by atoms with Gasteiger partial charge in [0.05, 0.1) is 0 Å². The molecule has 1 amide bonds. The van der Waals surface area contributed by atoms with Gasteiger partial charge in [-0.1, -0.05) is 0 Å². The molecule has 1 aromatic heterocycles. The largest absolute Gasteiger partial charge is 0.350 e. The Bertz CT molecular complexity index is 380. The van der Waals surface area contributed by atoms with Crippen LogP contribution in [0, 0.1) is 0 Å². The molecule has 0 aromatic carbocycles. The topological polar surface area (TPSA) is 42.0 Å². The highest BCUT2D eigenvalue weighted by atomic mass is 79.9. The second-order valence-electron chi connectivity index (χ2n) is 3.68. The van der Waals surface area contributed by atoms with E-state index in [0.29, 0.717) is 10.9 Å². The van der Waals surface area contributed by atoms with Crippen molar-refractivity contribution >= 4 is 33.6 Å². The molecule has 16 heavy (non-hydrogen) atoms. The van der Waals surface area contributed by atoms with Gasteiger partial charge < -0.3 is 5.32 Å². The lowest BCUT2D eigenvalue weighted by Crippen LogP contribution is -2.30. The van der Waals surface area contributed by atoms with Crippen LogP contribution in [0.5, 0.6) is 0 Å². The number of halogens is 1. The molecule has 1 atom stereocenters. The van der Waals surface area contributed by atoms with Gasteiger partial charge >= 0.3 is 0 Å². The lowest BCUT2D eigenvalue weighted by molar-refractivity contribution is 0.0948. The predicted molar refractivity (Wildman–Crippen MR) is 69.8 cm³/mol. The van der Waals surface area contributed by atoms with Crippen molar-refractivity contribution in [3.8, 4) is 0 Å². The van der Waals surface area contributed by atoms with E-state index in [0.717, 1.165) is 11.0 Å². The number of aromatic nitrogens is 1. The number of hydrogen-bond acceptors (Lipinski definition) is 3. The third-order valence-electron chi connectivity index (χ3n) is 2.49. The number of amides is 1. The molecule has 1 aliphatic rings. The highest BCUT2D eigenvalue weighted by Crippen LogP contribution is 2.25. The molecule has 5 heteroatoms. The standard InChI is InChI=1S/C11H13BrN2OS/c12-9-4-1-5-13-10(9)11(15)14-7-8-3-2-6-16-8/h1,4-5,8H,2-3,6-7H2,(H,14,15). The maximum absolute atomic E-state index is 11.8. The molecule has 0 saturated carbocycles. The monoisotopic (exact) mass is 300 g/mol. The van der Waals surface area contributed by atoms with Crippen LogP contribution in [0.1, 0.15) is 23.3 Å². The summed E-state index contributed by atoms with van der Waals surface area (Å²) in [5.41, 5.74) is 0.463. The molecule has 0 radical (unpaired) electrons. The summed E-state index contributed by atoms with van der Waals surface area (Å²) in [4.78, 5) is 15.9. The van der Waals surface area contributed by atoms with Crippen molar-refractivity contribution in [3.05, 3.63) is 28.5 Å². The Morgan fingerprint density at radius 3 is 3.25 bits per heavy atom. The van der Waals surface area contributed by atoms with Crippen LogP contribution < -0.4 is 5.32 Å². The molecular formula is C11H13BrN2OS. The Kier molecular flexibility index (Phi) is 4.23. The minimum absolute atomic E-state index is 0.0972. The van der Waals surface area contributed by atoms with Gasteiger partial charge in [0.1, 0.15) is 5.69 Å². The Morgan fingerprint density at radius 2 is 2.56 bits per heavy atom. The maximum Gasteiger partial charge on any atom is 0.271 e. The van der Waals surface area contributed by atoms with E-state index in [-0.39, 0.29) is 5.91 Å². The molecule has 2 rings (SSSR count). The van der Waals surface area contributed by atoms with Gasteiger partial charge in [0.25, 0.3) is 5.91 Å². The molecule has 2 heterocycles. The first-order chi connectivity index (χ1) is 7.77. The Labute approximate surface area is 108 Å². The number of rotatable bonds is 3. The summed E-state index contributed by atoms with van der Waals surface area (Å²) in [6, 6.07) is 3.62. The summed E-state index contributed by atoms with van der Waals surface area (Å²) in [5.74, 6) is 1.12. The number of pyridine rings is 1. The number of carbonyl (C=O) groups excluding carboxylic acids is 1. The van der Waals surface area contributed by atoms with E-state index in [9.17, 15) is 4.79 Å². The van der Waals surface area contributed by atoms with Gasteiger partial charge in [-0.15, -0.1) is 0 Å². The third kappa shape index (κ3) is 2.98. The average Bonchev–Trinajstić information content (AvgIpc) is 2.79. The predicted octanol–water partition coefficient (Wildman–Crippen LogP) is 2.47. The zero-order valence-corrected chi connectivity index (χ0v) is 11.2. The van der Waals surface area contributed by atoms with Gasteiger partial charge in [-0.3, -0.25) is 4.79 Å².